The molecule has 9 heteroatoms. The number of halogens is 1. The van der Waals surface area contributed by atoms with Gasteiger partial charge in [-0.1, -0.05) is 20.8 Å². The Hall–Kier alpha value is -2.55. The molecule has 1 aliphatic carbocycles. The molecule has 1 aliphatic rings. The Labute approximate surface area is 181 Å². The van der Waals surface area contributed by atoms with Crippen LogP contribution in [0.1, 0.15) is 62.6 Å². The molecule has 3 aromatic rings. The fourth-order valence-electron chi connectivity index (χ4n) is 4.21. The van der Waals surface area contributed by atoms with Crippen LogP contribution in [0, 0.1) is 5.92 Å². The molecule has 0 bridgehead atoms. The molecule has 0 atom stereocenters. The molecule has 0 amide bonds. The predicted octanol–water partition coefficient (Wildman–Crippen LogP) is 4.11. The zero-order chi connectivity index (χ0) is 22.4. The van der Waals surface area contributed by atoms with Crippen LogP contribution in [0.25, 0.3) is 11.0 Å². The number of hydrogen-bond donors (Lipinski definition) is 0. The van der Waals surface area contributed by atoms with E-state index in [1.165, 1.54) is 12.4 Å². The number of nitrogens with zero attached hydrogens (tertiary/aromatic N) is 4. The third-order valence-electron chi connectivity index (χ3n) is 5.87. The van der Waals surface area contributed by atoms with Crippen molar-refractivity contribution in [2.45, 2.75) is 69.5 Å². The van der Waals surface area contributed by atoms with Gasteiger partial charge in [0.15, 0.2) is 6.29 Å². The van der Waals surface area contributed by atoms with Crippen LogP contribution in [-0.4, -0.2) is 39.6 Å². The molecule has 0 spiro atoms. The normalized spacial score (nSPS) is 20.3. The monoisotopic (exact) mass is 446 g/mol. The Morgan fingerprint density at radius 3 is 2.52 bits per heavy atom. The summed E-state index contributed by atoms with van der Waals surface area (Å²) < 4.78 is 42.5. The van der Waals surface area contributed by atoms with Gasteiger partial charge in [-0.25, -0.2) is 9.37 Å². The van der Waals surface area contributed by atoms with Crippen LogP contribution in [0.5, 0.6) is 0 Å². The average molecular weight is 447 g/mol. The minimum Gasteiger partial charge on any atom is -0.327 e. The second kappa shape index (κ2) is 7.85. The molecule has 0 radical (unpaired) electrons. The molecule has 7 nitrogen and oxygen atoms in total. The number of rotatable bonds is 5. The Kier molecular flexibility index (Phi) is 5.49. The predicted molar refractivity (Wildman–Crippen MR) is 115 cm³/mol. The van der Waals surface area contributed by atoms with Gasteiger partial charge in [0.1, 0.15) is 12.0 Å². The van der Waals surface area contributed by atoms with Crippen molar-refractivity contribution >= 4 is 27.3 Å². The van der Waals surface area contributed by atoms with Crippen LogP contribution >= 0.6 is 0 Å². The molecule has 0 unspecified atom stereocenters. The van der Waals surface area contributed by atoms with Crippen molar-refractivity contribution in [1.29, 1.82) is 0 Å². The molecule has 166 valence electrons. The molecule has 1 saturated carbocycles. The summed E-state index contributed by atoms with van der Waals surface area (Å²) in [6.07, 6.45) is 5.12. The molecule has 0 N–H and O–H groups in total. The number of benzene rings is 1. The van der Waals surface area contributed by atoms with Gasteiger partial charge in [0.05, 0.1) is 33.9 Å². The summed E-state index contributed by atoms with van der Waals surface area (Å²) in [6.45, 7) is 6.96. The van der Waals surface area contributed by atoms with E-state index in [4.69, 9.17) is 4.98 Å². The Balaban J connectivity index is 1.75. The molecule has 1 fully saturated rings. The largest absolute Gasteiger partial charge is 0.327 e. The lowest BCUT2D eigenvalue weighted by atomic mass is 9.87. The van der Waals surface area contributed by atoms with Crippen molar-refractivity contribution in [1.82, 2.24) is 18.7 Å². The van der Waals surface area contributed by atoms with E-state index in [2.05, 4.69) is 30.4 Å². The summed E-state index contributed by atoms with van der Waals surface area (Å²) in [5.74, 6) is 1.25. The number of aromatic nitrogens is 4. The van der Waals surface area contributed by atoms with Crippen molar-refractivity contribution in [3.8, 4) is 0 Å². The van der Waals surface area contributed by atoms with Crippen LogP contribution in [0.3, 0.4) is 0 Å². The van der Waals surface area contributed by atoms with Crippen LogP contribution in [0.2, 0.25) is 0 Å². The molecular weight excluding hydrogens is 419 g/mol. The highest BCUT2D eigenvalue weighted by Gasteiger charge is 2.28. The first-order valence-electron chi connectivity index (χ1n) is 10.5. The van der Waals surface area contributed by atoms with Crippen LogP contribution in [0.4, 0.5) is 4.39 Å². The fraction of sp³-hybridized carbons (Fsp3) is 0.500. The molecule has 0 aliphatic heterocycles. The summed E-state index contributed by atoms with van der Waals surface area (Å²) in [4.78, 5) is 15.7. The maximum atomic E-state index is 13.6. The van der Waals surface area contributed by atoms with Gasteiger partial charge in [-0.2, -0.15) is 17.6 Å². The number of carbonyl (C=O) groups excluding carboxylic acids is 1. The second-order valence-electron chi connectivity index (χ2n) is 9.33. The average Bonchev–Trinajstić information content (AvgIpc) is 3.34. The number of imidazole rings is 1. The van der Waals surface area contributed by atoms with E-state index < -0.39 is 16.2 Å². The summed E-state index contributed by atoms with van der Waals surface area (Å²) in [5, 5.41) is 3.80. The fourth-order valence-corrected chi connectivity index (χ4v) is 5.36. The third-order valence-corrected chi connectivity index (χ3v) is 7.41. The quantitative estimate of drug-likeness (QED) is 0.551. The van der Waals surface area contributed by atoms with Gasteiger partial charge in [0, 0.05) is 12.0 Å². The minimum atomic E-state index is -3.94. The Morgan fingerprint density at radius 1 is 1.19 bits per heavy atom. The standard InChI is InChI=1S/C22H27FN4O3S/c1-22(2,3)21-25-19-10-18(31(29,30)27-13-16(14-28)11-24-27)8-9-20(19)26(21)12-15-4-6-17(23)7-5-15/h8-11,13-15,17H,4-7,12H2,1-3H3. The number of fused-ring (bicyclic) bond motifs is 1. The van der Waals surface area contributed by atoms with Gasteiger partial charge in [-0.15, -0.1) is 0 Å². The highest BCUT2D eigenvalue weighted by molar-refractivity contribution is 7.89. The first kappa shape index (κ1) is 21.7. The second-order valence-corrected chi connectivity index (χ2v) is 11.1. The molecule has 1 aromatic carbocycles. The van der Waals surface area contributed by atoms with Crippen molar-refractivity contribution in [3.63, 3.8) is 0 Å². The SMILES string of the molecule is CC(C)(C)c1nc2cc(S(=O)(=O)n3cc(C=O)cn3)ccc2n1CC1CCC(F)CC1. The van der Waals surface area contributed by atoms with Crippen molar-refractivity contribution < 1.29 is 17.6 Å². The van der Waals surface area contributed by atoms with Crippen molar-refractivity contribution in [2.75, 3.05) is 0 Å². The van der Waals surface area contributed by atoms with E-state index in [0.29, 0.717) is 30.6 Å². The number of aldehydes is 1. The zero-order valence-electron chi connectivity index (χ0n) is 18.0. The molecule has 4 rings (SSSR count). The van der Waals surface area contributed by atoms with Crippen LogP contribution in [0.15, 0.2) is 35.5 Å². The van der Waals surface area contributed by atoms with E-state index in [9.17, 15) is 17.6 Å². The van der Waals surface area contributed by atoms with Crippen LogP contribution in [-0.2, 0) is 22.0 Å². The van der Waals surface area contributed by atoms with Gasteiger partial charge in [-0.3, -0.25) is 4.79 Å². The summed E-state index contributed by atoms with van der Waals surface area (Å²) >= 11 is 0. The lowest BCUT2D eigenvalue weighted by molar-refractivity contribution is 0.112. The van der Waals surface area contributed by atoms with Gasteiger partial charge in [-0.05, 0) is 49.8 Å². The highest BCUT2D eigenvalue weighted by Crippen LogP contribution is 2.33. The van der Waals surface area contributed by atoms with Gasteiger partial charge in [0.25, 0.3) is 10.0 Å². The topological polar surface area (TPSA) is 86.8 Å². The van der Waals surface area contributed by atoms with E-state index in [-0.39, 0.29) is 15.9 Å². The number of alkyl halides is 1. The number of hydrogen-bond acceptors (Lipinski definition) is 5. The Bertz CT molecular complexity index is 1220. The van der Waals surface area contributed by atoms with Crippen LogP contribution < -0.4 is 0 Å². The highest BCUT2D eigenvalue weighted by atomic mass is 32.2. The molecule has 0 saturated heterocycles. The molecule has 31 heavy (non-hydrogen) atoms. The van der Waals surface area contributed by atoms with Crippen molar-refractivity contribution in [2.24, 2.45) is 5.92 Å². The summed E-state index contributed by atoms with van der Waals surface area (Å²) in [5.41, 5.74) is 1.40. The smallest absolute Gasteiger partial charge is 0.283 e. The minimum absolute atomic E-state index is 0.0589. The van der Waals surface area contributed by atoms with Gasteiger partial charge >= 0.3 is 0 Å². The molecular formula is C22H27FN4O3S. The maximum Gasteiger partial charge on any atom is 0.283 e. The van der Waals surface area contributed by atoms with E-state index in [1.54, 1.807) is 18.2 Å². The molecule has 2 aromatic heterocycles. The first-order valence-corrected chi connectivity index (χ1v) is 11.9. The Morgan fingerprint density at radius 2 is 1.90 bits per heavy atom. The first-order chi connectivity index (χ1) is 14.6. The summed E-state index contributed by atoms with van der Waals surface area (Å²) in [7, 11) is -3.94. The number of carbonyl (C=O) groups is 1. The lowest BCUT2D eigenvalue weighted by Crippen LogP contribution is -2.24. The van der Waals surface area contributed by atoms with Gasteiger partial charge in [0.2, 0.25) is 0 Å². The van der Waals surface area contributed by atoms with E-state index >= 15 is 0 Å². The van der Waals surface area contributed by atoms with E-state index in [0.717, 1.165) is 34.8 Å². The van der Waals surface area contributed by atoms with Crippen molar-refractivity contribution in [3.05, 3.63) is 42.0 Å². The molecule has 2 heterocycles. The van der Waals surface area contributed by atoms with Gasteiger partial charge < -0.3 is 4.57 Å². The maximum absolute atomic E-state index is 13.6. The lowest BCUT2D eigenvalue weighted by Gasteiger charge is -2.27. The zero-order valence-corrected chi connectivity index (χ0v) is 18.8. The third kappa shape index (κ3) is 4.15. The van der Waals surface area contributed by atoms with E-state index in [1.807, 2.05) is 0 Å². The summed E-state index contributed by atoms with van der Waals surface area (Å²) in [6, 6.07) is 4.87.